The largest absolute Gasteiger partial charge is 0.324 e. The number of hydrogen-bond acceptors (Lipinski definition) is 1. The lowest BCUT2D eigenvalue weighted by molar-refractivity contribution is 0.234. The average Bonchev–Trinajstić information content (AvgIpc) is 2.84. The summed E-state index contributed by atoms with van der Waals surface area (Å²) in [6, 6.07) is 6.44. The van der Waals surface area contributed by atoms with E-state index < -0.39 is 0 Å². The van der Waals surface area contributed by atoms with Gasteiger partial charge in [-0.05, 0) is 37.0 Å². The van der Waals surface area contributed by atoms with Crippen LogP contribution in [0, 0.1) is 5.92 Å². The highest BCUT2D eigenvalue weighted by molar-refractivity contribution is 6.31. The highest BCUT2D eigenvalue weighted by Gasteiger charge is 2.28. The van der Waals surface area contributed by atoms with Crippen molar-refractivity contribution in [3.05, 3.63) is 29.0 Å². The highest BCUT2D eigenvalue weighted by atomic mass is 35.5. The molecule has 0 amide bonds. The molecule has 3 rings (SSSR count). The molecule has 2 unspecified atom stereocenters. The molecular weight excluding hydrogens is 291 g/mol. The number of nitrogens with zero attached hydrogens (tertiary/aromatic N) is 2. The van der Waals surface area contributed by atoms with E-state index in [0.29, 0.717) is 11.9 Å². The molecule has 0 radical (unpaired) electrons. The third kappa shape index (κ3) is 2.44. The summed E-state index contributed by atoms with van der Waals surface area (Å²) < 4.78 is 2.36. The predicted molar refractivity (Wildman–Crippen MR) is 85.6 cm³/mol. The normalized spacial score (nSPS) is 23.4. The van der Waals surface area contributed by atoms with Crippen molar-refractivity contribution in [1.82, 2.24) is 9.55 Å². The summed E-state index contributed by atoms with van der Waals surface area (Å²) in [6.07, 6.45) is 6.39. The van der Waals surface area contributed by atoms with Gasteiger partial charge in [0, 0.05) is 11.1 Å². The van der Waals surface area contributed by atoms with Gasteiger partial charge in [-0.15, -0.1) is 11.6 Å². The van der Waals surface area contributed by atoms with Crippen molar-refractivity contribution in [2.24, 2.45) is 5.92 Å². The molecule has 2 nitrogen and oxygen atoms in total. The van der Waals surface area contributed by atoms with Crippen LogP contribution in [0.3, 0.4) is 0 Å². The standard InChI is InChI=1S/C16H20Cl2N2/c1-2-11-5-3-4-6-14(11)20-15-9-12(18)7-8-13(15)19-16(20)10-17/h7-9,11,14H,2-6,10H2,1H3. The van der Waals surface area contributed by atoms with Gasteiger partial charge in [0.2, 0.25) is 0 Å². The van der Waals surface area contributed by atoms with Gasteiger partial charge in [-0.25, -0.2) is 4.98 Å². The van der Waals surface area contributed by atoms with Crippen LogP contribution in [0.5, 0.6) is 0 Å². The van der Waals surface area contributed by atoms with E-state index in [1.165, 1.54) is 32.1 Å². The van der Waals surface area contributed by atoms with Gasteiger partial charge in [0.05, 0.1) is 16.9 Å². The minimum absolute atomic E-state index is 0.458. The van der Waals surface area contributed by atoms with Crippen LogP contribution < -0.4 is 0 Å². The Bertz CT molecular complexity index is 606. The molecule has 1 aromatic carbocycles. The van der Waals surface area contributed by atoms with Gasteiger partial charge in [0.1, 0.15) is 5.82 Å². The summed E-state index contributed by atoms with van der Waals surface area (Å²) >= 11 is 12.3. The van der Waals surface area contributed by atoms with Crippen molar-refractivity contribution in [3.63, 3.8) is 0 Å². The van der Waals surface area contributed by atoms with Crippen LogP contribution in [-0.2, 0) is 5.88 Å². The monoisotopic (exact) mass is 310 g/mol. The Morgan fingerprint density at radius 2 is 2.10 bits per heavy atom. The Hall–Kier alpha value is -0.730. The summed E-state index contributed by atoms with van der Waals surface area (Å²) in [6.45, 7) is 2.29. The molecule has 1 fully saturated rings. The van der Waals surface area contributed by atoms with E-state index in [4.69, 9.17) is 23.2 Å². The predicted octanol–water partition coefficient (Wildman–Crippen LogP) is 5.57. The molecular formula is C16H20Cl2N2. The van der Waals surface area contributed by atoms with Crippen molar-refractivity contribution in [3.8, 4) is 0 Å². The lowest BCUT2D eigenvalue weighted by Crippen LogP contribution is -2.24. The Morgan fingerprint density at radius 3 is 2.85 bits per heavy atom. The molecule has 0 spiro atoms. The van der Waals surface area contributed by atoms with Crippen LogP contribution in [0.2, 0.25) is 5.02 Å². The maximum absolute atomic E-state index is 6.18. The third-order valence-electron chi connectivity index (χ3n) is 4.57. The highest BCUT2D eigenvalue weighted by Crippen LogP contribution is 2.39. The van der Waals surface area contributed by atoms with E-state index in [0.717, 1.165) is 27.8 Å². The van der Waals surface area contributed by atoms with Crippen LogP contribution in [0.1, 0.15) is 50.9 Å². The van der Waals surface area contributed by atoms with Gasteiger partial charge < -0.3 is 4.57 Å². The van der Waals surface area contributed by atoms with Gasteiger partial charge in [-0.1, -0.05) is 37.8 Å². The van der Waals surface area contributed by atoms with Crippen LogP contribution >= 0.6 is 23.2 Å². The second kappa shape index (κ2) is 5.95. The second-order valence-corrected chi connectivity index (χ2v) is 6.39. The van der Waals surface area contributed by atoms with Crippen molar-refractivity contribution in [2.75, 3.05) is 0 Å². The Labute approximate surface area is 130 Å². The van der Waals surface area contributed by atoms with E-state index in [1.54, 1.807) is 0 Å². The number of imidazole rings is 1. The van der Waals surface area contributed by atoms with Crippen LogP contribution in [0.25, 0.3) is 11.0 Å². The average molecular weight is 311 g/mol. The fourth-order valence-corrected chi connectivity index (χ4v) is 3.94. The van der Waals surface area contributed by atoms with Crippen LogP contribution in [0.4, 0.5) is 0 Å². The first-order valence-corrected chi connectivity index (χ1v) is 8.38. The Morgan fingerprint density at radius 1 is 1.30 bits per heavy atom. The van der Waals surface area contributed by atoms with Crippen LogP contribution in [-0.4, -0.2) is 9.55 Å². The smallest absolute Gasteiger partial charge is 0.125 e. The zero-order valence-corrected chi connectivity index (χ0v) is 13.3. The van der Waals surface area contributed by atoms with Gasteiger partial charge in [0.15, 0.2) is 0 Å². The van der Waals surface area contributed by atoms with Gasteiger partial charge in [0.25, 0.3) is 0 Å². The number of benzene rings is 1. The minimum Gasteiger partial charge on any atom is -0.324 e. The second-order valence-electron chi connectivity index (χ2n) is 5.68. The summed E-state index contributed by atoms with van der Waals surface area (Å²) in [5.74, 6) is 2.16. The SMILES string of the molecule is CCC1CCCCC1n1c(CCl)nc2ccc(Cl)cc21. The third-order valence-corrected chi connectivity index (χ3v) is 5.04. The summed E-state index contributed by atoms with van der Waals surface area (Å²) in [5, 5.41) is 0.767. The number of rotatable bonds is 3. The van der Waals surface area contributed by atoms with E-state index in [2.05, 4.69) is 16.5 Å². The fourth-order valence-electron chi connectivity index (χ4n) is 3.58. The molecule has 20 heavy (non-hydrogen) atoms. The van der Waals surface area contributed by atoms with E-state index in [9.17, 15) is 0 Å². The van der Waals surface area contributed by atoms with Crippen LogP contribution in [0.15, 0.2) is 18.2 Å². The molecule has 1 aliphatic carbocycles. The summed E-state index contributed by atoms with van der Waals surface area (Å²) in [5.41, 5.74) is 2.14. The van der Waals surface area contributed by atoms with Gasteiger partial charge in [-0.3, -0.25) is 0 Å². The summed E-state index contributed by atoms with van der Waals surface area (Å²) in [7, 11) is 0. The maximum atomic E-state index is 6.18. The first-order chi connectivity index (χ1) is 9.74. The van der Waals surface area contributed by atoms with Crippen molar-refractivity contribution in [1.29, 1.82) is 0 Å². The lowest BCUT2D eigenvalue weighted by Gasteiger charge is -2.33. The molecule has 0 bridgehead atoms. The fraction of sp³-hybridized carbons (Fsp3) is 0.562. The number of hydrogen-bond donors (Lipinski definition) is 0. The van der Waals surface area contributed by atoms with E-state index in [1.807, 2.05) is 18.2 Å². The van der Waals surface area contributed by atoms with Crippen molar-refractivity contribution in [2.45, 2.75) is 50.9 Å². The topological polar surface area (TPSA) is 17.8 Å². The summed E-state index contributed by atoms with van der Waals surface area (Å²) in [4.78, 5) is 4.69. The number of alkyl halides is 1. The number of aromatic nitrogens is 2. The molecule has 2 atom stereocenters. The molecule has 1 aromatic heterocycles. The number of fused-ring (bicyclic) bond motifs is 1. The molecule has 4 heteroatoms. The Balaban J connectivity index is 2.14. The van der Waals surface area contributed by atoms with Crippen molar-refractivity contribution < 1.29 is 0 Å². The first-order valence-electron chi connectivity index (χ1n) is 7.47. The minimum atomic E-state index is 0.458. The van der Waals surface area contributed by atoms with E-state index >= 15 is 0 Å². The van der Waals surface area contributed by atoms with E-state index in [-0.39, 0.29) is 0 Å². The molecule has 1 aliphatic rings. The zero-order valence-electron chi connectivity index (χ0n) is 11.8. The molecule has 0 aliphatic heterocycles. The molecule has 0 saturated heterocycles. The Kier molecular flexibility index (Phi) is 4.23. The molecule has 1 saturated carbocycles. The maximum Gasteiger partial charge on any atom is 0.125 e. The molecule has 108 valence electrons. The number of halogens is 2. The lowest BCUT2D eigenvalue weighted by atomic mass is 9.82. The first kappa shape index (κ1) is 14.2. The molecule has 2 aromatic rings. The van der Waals surface area contributed by atoms with Crippen molar-refractivity contribution >= 4 is 34.2 Å². The van der Waals surface area contributed by atoms with Gasteiger partial charge >= 0.3 is 0 Å². The molecule has 0 N–H and O–H groups in total. The molecule has 1 heterocycles. The van der Waals surface area contributed by atoms with Gasteiger partial charge in [-0.2, -0.15) is 0 Å². The quantitative estimate of drug-likeness (QED) is 0.678. The zero-order chi connectivity index (χ0) is 14.1.